The Bertz CT molecular complexity index is 1160. The van der Waals surface area contributed by atoms with Crippen molar-refractivity contribution in [1.82, 2.24) is 4.90 Å². The van der Waals surface area contributed by atoms with Crippen molar-refractivity contribution in [1.29, 1.82) is 0 Å². The molecule has 3 N–H and O–H groups in total. The Morgan fingerprint density at radius 2 is 1.71 bits per heavy atom. The molecule has 0 aromatic heterocycles. The average molecular weight is 464 g/mol. The highest BCUT2D eigenvalue weighted by atomic mass is 19.1. The number of methoxy groups -OCH3 is 1. The van der Waals surface area contributed by atoms with Crippen LogP contribution in [-0.2, 0) is 6.54 Å². The number of nitrogens with zero attached hydrogens (tertiary/aromatic N) is 1. The van der Waals surface area contributed by atoms with Crippen molar-refractivity contribution in [3.8, 4) is 5.75 Å². The Kier molecular flexibility index (Phi) is 8.02. The van der Waals surface area contributed by atoms with E-state index in [9.17, 15) is 14.0 Å². The fourth-order valence-electron chi connectivity index (χ4n) is 3.53. The lowest BCUT2D eigenvalue weighted by atomic mass is 9.92. The molecule has 0 saturated carbocycles. The minimum absolute atomic E-state index is 0.216. The van der Waals surface area contributed by atoms with Crippen LogP contribution in [0.5, 0.6) is 5.75 Å². The number of benzene rings is 3. The number of carbonyl (C=O) groups excluding carboxylic acids is 2. The molecule has 2 amide bonds. The van der Waals surface area contributed by atoms with E-state index >= 15 is 0 Å². The molecular weight excluding hydrogens is 433 g/mol. The number of hydrogen-bond donors (Lipinski definition) is 2. The zero-order valence-corrected chi connectivity index (χ0v) is 19.7. The van der Waals surface area contributed by atoms with Crippen molar-refractivity contribution in [2.75, 3.05) is 25.5 Å². The smallest absolute Gasteiger partial charge is 0.255 e. The van der Waals surface area contributed by atoms with Crippen LogP contribution >= 0.6 is 0 Å². The topological polar surface area (TPSA) is 84.7 Å². The summed E-state index contributed by atoms with van der Waals surface area (Å²) in [5, 5.41) is 2.93. The summed E-state index contributed by atoms with van der Waals surface area (Å²) < 4.78 is 19.0. The van der Waals surface area contributed by atoms with Gasteiger partial charge in [-0.25, -0.2) is 4.39 Å². The van der Waals surface area contributed by atoms with Crippen LogP contribution in [0.25, 0.3) is 0 Å². The summed E-state index contributed by atoms with van der Waals surface area (Å²) in [6, 6.07) is 19.8. The minimum Gasteiger partial charge on any atom is -0.497 e. The summed E-state index contributed by atoms with van der Waals surface area (Å²) in [5.74, 6) is -0.502. The lowest BCUT2D eigenvalue weighted by Gasteiger charge is -2.32. The third kappa shape index (κ3) is 6.42. The van der Waals surface area contributed by atoms with Gasteiger partial charge in [-0.1, -0.05) is 44.2 Å². The normalized spacial score (nSPS) is 11.1. The standard InChI is InChI=1S/C27H30FN3O3/c1-27(2,17-29)18-31(26(33)20-10-6-11-22(28)14-20)16-21-8-4-5-13-24(21)30-25(32)19-9-7-12-23(15-19)34-3/h4-15H,16-18,29H2,1-3H3,(H,30,32). The Hall–Kier alpha value is -3.71. The van der Waals surface area contributed by atoms with Crippen molar-refractivity contribution < 1.29 is 18.7 Å². The first-order chi connectivity index (χ1) is 16.2. The molecule has 0 bridgehead atoms. The Morgan fingerprint density at radius 1 is 1.00 bits per heavy atom. The summed E-state index contributed by atoms with van der Waals surface area (Å²) in [6.07, 6.45) is 0. The first-order valence-electron chi connectivity index (χ1n) is 11.0. The van der Waals surface area contributed by atoms with E-state index < -0.39 is 5.82 Å². The lowest BCUT2D eigenvalue weighted by Crippen LogP contribution is -2.41. The van der Waals surface area contributed by atoms with E-state index in [0.29, 0.717) is 30.1 Å². The van der Waals surface area contributed by atoms with Gasteiger partial charge in [-0.3, -0.25) is 9.59 Å². The Balaban J connectivity index is 1.89. The number of nitrogens with one attached hydrogen (secondary N) is 1. The third-order valence-electron chi connectivity index (χ3n) is 5.49. The van der Waals surface area contributed by atoms with Crippen molar-refractivity contribution in [3.05, 3.63) is 95.3 Å². The van der Waals surface area contributed by atoms with Crippen LogP contribution in [0, 0.1) is 11.2 Å². The summed E-state index contributed by atoms with van der Waals surface area (Å²) >= 11 is 0. The second-order valence-electron chi connectivity index (χ2n) is 8.88. The highest BCUT2D eigenvalue weighted by molar-refractivity contribution is 6.05. The molecule has 0 saturated heterocycles. The number of amides is 2. The van der Waals surface area contributed by atoms with E-state index in [2.05, 4.69) is 5.32 Å². The largest absolute Gasteiger partial charge is 0.497 e. The maximum Gasteiger partial charge on any atom is 0.255 e. The molecule has 0 aliphatic heterocycles. The second kappa shape index (κ2) is 10.9. The van der Waals surface area contributed by atoms with Crippen LogP contribution in [0.1, 0.15) is 40.1 Å². The van der Waals surface area contributed by atoms with Crippen LogP contribution in [0.15, 0.2) is 72.8 Å². The van der Waals surface area contributed by atoms with Crippen LogP contribution < -0.4 is 15.8 Å². The Labute approximate surface area is 199 Å². The molecule has 0 aliphatic carbocycles. The van der Waals surface area contributed by atoms with Gasteiger partial charge in [0.25, 0.3) is 11.8 Å². The average Bonchev–Trinajstić information content (AvgIpc) is 2.84. The number of ether oxygens (including phenoxy) is 1. The van der Waals surface area contributed by atoms with E-state index in [1.165, 1.54) is 18.2 Å². The zero-order chi connectivity index (χ0) is 24.7. The molecule has 3 aromatic carbocycles. The van der Waals surface area contributed by atoms with Crippen molar-refractivity contribution in [2.45, 2.75) is 20.4 Å². The summed E-state index contributed by atoms with van der Waals surface area (Å²) in [7, 11) is 1.54. The van der Waals surface area contributed by atoms with Crippen molar-refractivity contribution in [2.24, 2.45) is 11.1 Å². The van der Waals surface area contributed by atoms with Crippen LogP contribution in [0.4, 0.5) is 10.1 Å². The molecule has 7 heteroatoms. The number of halogens is 1. The van der Waals surface area contributed by atoms with E-state index in [-0.39, 0.29) is 29.3 Å². The molecule has 3 aromatic rings. The van der Waals surface area contributed by atoms with E-state index in [0.717, 1.165) is 5.56 Å². The zero-order valence-electron chi connectivity index (χ0n) is 19.7. The van der Waals surface area contributed by atoms with E-state index in [4.69, 9.17) is 10.5 Å². The fraction of sp³-hybridized carbons (Fsp3) is 0.259. The molecule has 0 unspecified atom stereocenters. The van der Waals surface area contributed by atoms with Gasteiger partial charge >= 0.3 is 0 Å². The highest BCUT2D eigenvalue weighted by Crippen LogP contribution is 2.24. The fourth-order valence-corrected chi connectivity index (χ4v) is 3.53. The predicted octanol–water partition coefficient (Wildman–Crippen LogP) is 4.71. The van der Waals surface area contributed by atoms with Gasteiger partial charge < -0.3 is 20.7 Å². The van der Waals surface area contributed by atoms with Crippen LogP contribution in [-0.4, -0.2) is 36.9 Å². The maximum absolute atomic E-state index is 13.8. The molecule has 0 fully saturated rings. The van der Waals surface area contributed by atoms with Crippen LogP contribution in [0.2, 0.25) is 0 Å². The molecule has 0 atom stereocenters. The summed E-state index contributed by atoms with van der Waals surface area (Å²) in [4.78, 5) is 27.9. The number of para-hydroxylation sites is 1. The molecule has 34 heavy (non-hydrogen) atoms. The first-order valence-corrected chi connectivity index (χ1v) is 11.0. The van der Waals surface area contributed by atoms with Crippen molar-refractivity contribution >= 4 is 17.5 Å². The monoisotopic (exact) mass is 463 g/mol. The van der Waals surface area contributed by atoms with E-state index in [1.54, 1.807) is 48.4 Å². The number of nitrogens with two attached hydrogens (primary N) is 1. The SMILES string of the molecule is COc1cccc(C(=O)Nc2ccccc2CN(CC(C)(C)CN)C(=O)c2cccc(F)c2)c1. The van der Waals surface area contributed by atoms with Crippen LogP contribution in [0.3, 0.4) is 0 Å². The predicted molar refractivity (Wildman–Crippen MR) is 131 cm³/mol. The molecule has 178 valence electrons. The second-order valence-corrected chi connectivity index (χ2v) is 8.88. The van der Waals surface area contributed by atoms with Gasteiger partial charge in [-0.15, -0.1) is 0 Å². The number of anilines is 1. The molecule has 0 radical (unpaired) electrons. The third-order valence-corrected chi connectivity index (χ3v) is 5.49. The summed E-state index contributed by atoms with van der Waals surface area (Å²) in [5.41, 5.74) is 7.60. The van der Waals surface area contributed by atoms with Gasteiger partial charge in [0.1, 0.15) is 11.6 Å². The van der Waals surface area contributed by atoms with E-state index in [1.807, 2.05) is 32.0 Å². The van der Waals surface area contributed by atoms with Gasteiger partial charge in [0.2, 0.25) is 0 Å². The van der Waals surface area contributed by atoms with Gasteiger partial charge in [0, 0.05) is 29.9 Å². The molecule has 0 spiro atoms. The molecule has 0 aliphatic rings. The molecular formula is C27H30FN3O3. The maximum atomic E-state index is 13.8. The highest BCUT2D eigenvalue weighted by Gasteiger charge is 2.26. The molecule has 6 nitrogen and oxygen atoms in total. The van der Waals surface area contributed by atoms with Gasteiger partial charge in [0.05, 0.1) is 7.11 Å². The minimum atomic E-state index is -0.477. The number of carbonyl (C=O) groups is 2. The van der Waals surface area contributed by atoms with Crippen molar-refractivity contribution in [3.63, 3.8) is 0 Å². The number of hydrogen-bond acceptors (Lipinski definition) is 4. The van der Waals surface area contributed by atoms with Gasteiger partial charge in [0.15, 0.2) is 0 Å². The molecule has 0 heterocycles. The number of rotatable bonds is 9. The Morgan fingerprint density at radius 3 is 2.41 bits per heavy atom. The quantitative estimate of drug-likeness (QED) is 0.481. The lowest BCUT2D eigenvalue weighted by molar-refractivity contribution is 0.0673. The molecule has 3 rings (SSSR count). The van der Waals surface area contributed by atoms with Gasteiger partial charge in [-0.2, -0.15) is 0 Å². The van der Waals surface area contributed by atoms with Gasteiger partial charge in [-0.05, 0) is 60.0 Å². The first kappa shape index (κ1) is 24.9. The summed E-state index contributed by atoms with van der Waals surface area (Å²) in [6.45, 7) is 4.88.